The zero-order valence-electron chi connectivity index (χ0n) is 17.5. The molecule has 1 aromatic rings. The minimum Gasteiger partial charge on any atom is -0.353 e. The smallest absolute Gasteiger partial charge is 0.319 e. The van der Waals surface area contributed by atoms with Crippen LogP contribution < -0.4 is 16.0 Å². The van der Waals surface area contributed by atoms with E-state index in [1.54, 1.807) is 24.3 Å². The van der Waals surface area contributed by atoms with Crippen LogP contribution in [-0.2, 0) is 4.79 Å². The van der Waals surface area contributed by atoms with Crippen LogP contribution in [0.15, 0.2) is 24.3 Å². The Bertz CT molecular complexity index is 761. The number of likely N-dealkylation sites (tertiary alicyclic amines) is 1. The molecule has 1 aromatic carbocycles. The van der Waals surface area contributed by atoms with Gasteiger partial charge < -0.3 is 20.9 Å². The molecule has 7 heteroatoms. The number of amides is 4. The monoisotopic (exact) mass is 412 g/mol. The highest BCUT2D eigenvalue weighted by Gasteiger charge is 2.28. The van der Waals surface area contributed by atoms with E-state index in [4.69, 9.17) is 0 Å². The number of rotatable bonds is 5. The second kappa shape index (κ2) is 9.49. The van der Waals surface area contributed by atoms with Crippen molar-refractivity contribution in [2.45, 2.75) is 69.9 Å². The average Bonchev–Trinajstić information content (AvgIpc) is 3.59. The SMILES string of the molecule is O=C(Nc1ccc(C(=O)N2CCC(NC(=O)C3CCCCC3)CC2)cc1)NC1CC1. The molecule has 3 N–H and O–H groups in total. The molecule has 162 valence electrons. The zero-order chi connectivity index (χ0) is 20.9. The first-order valence-electron chi connectivity index (χ1n) is 11.4. The van der Waals surface area contributed by atoms with E-state index in [9.17, 15) is 14.4 Å². The third-order valence-electron chi connectivity index (χ3n) is 6.41. The Balaban J connectivity index is 1.22. The van der Waals surface area contributed by atoms with Crippen molar-refractivity contribution in [1.29, 1.82) is 0 Å². The minimum absolute atomic E-state index is 0.000962. The molecule has 0 aromatic heterocycles. The van der Waals surface area contributed by atoms with Gasteiger partial charge in [-0.3, -0.25) is 9.59 Å². The van der Waals surface area contributed by atoms with Gasteiger partial charge in [0.25, 0.3) is 5.91 Å². The van der Waals surface area contributed by atoms with E-state index in [1.807, 2.05) is 4.90 Å². The van der Waals surface area contributed by atoms with E-state index < -0.39 is 0 Å². The summed E-state index contributed by atoms with van der Waals surface area (Å²) in [5.41, 5.74) is 1.29. The van der Waals surface area contributed by atoms with E-state index in [0.717, 1.165) is 51.4 Å². The lowest BCUT2D eigenvalue weighted by atomic mass is 9.88. The van der Waals surface area contributed by atoms with Crippen molar-refractivity contribution < 1.29 is 14.4 Å². The lowest BCUT2D eigenvalue weighted by Gasteiger charge is -2.33. The Hall–Kier alpha value is -2.57. The van der Waals surface area contributed by atoms with E-state index >= 15 is 0 Å². The molecule has 4 rings (SSSR count). The third kappa shape index (κ3) is 5.52. The highest BCUT2D eigenvalue weighted by Crippen LogP contribution is 2.24. The van der Waals surface area contributed by atoms with Crippen LogP contribution in [0.25, 0.3) is 0 Å². The molecule has 0 spiro atoms. The highest BCUT2D eigenvalue weighted by atomic mass is 16.2. The van der Waals surface area contributed by atoms with E-state index in [-0.39, 0.29) is 29.8 Å². The van der Waals surface area contributed by atoms with Crippen LogP contribution in [0, 0.1) is 5.92 Å². The van der Waals surface area contributed by atoms with Gasteiger partial charge >= 0.3 is 6.03 Å². The number of carbonyl (C=O) groups is 3. The van der Waals surface area contributed by atoms with Crippen molar-refractivity contribution in [3.8, 4) is 0 Å². The van der Waals surface area contributed by atoms with Gasteiger partial charge in [-0.1, -0.05) is 19.3 Å². The summed E-state index contributed by atoms with van der Waals surface area (Å²) >= 11 is 0. The second-order valence-corrected chi connectivity index (χ2v) is 8.86. The molecule has 0 bridgehead atoms. The molecule has 30 heavy (non-hydrogen) atoms. The van der Waals surface area contributed by atoms with Crippen molar-refractivity contribution >= 4 is 23.5 Å². The lowest BCUT2D eigenvalue weighted by Crippen LogP contribution is -2.48. The molecule has 7 nitrogen and oxygen atoms in total. The first-order chi connectivity index (χ1) is 14.6. The molecule has 0 unspecified atom stereocenters. The fraction of sp³-hybridized carbons (Fsp3) is 0.609. The van der Waals surface area contributed by atoms with Gasteiger partial charge in [-0.05, 0) is 62.8 Å². The number of benzene rings is 1. The summed E-state index contributed by atoms with van der Waals surface area (Å²) in [5, 5.41) is 8.88. The number of hydrogen-bond donors (Lipinski definition) is 3. The van der Waals surface area contributed by atoms with Gasteiger partial charge in [0.2, 0.25) is 5.91 Å². The van der Waals surface area contributed by atoms with Crippen LogP contribution in [0.4, 0.5) is 10.5 Å². The van der Waals surface area contributed by atoms with Crippen LogP contribution in [0.1, 0.15) is 68.1 Å². The van der Waals surface area contributed by atoms with E-state index in [1.165, 1.54) is 6.42 Å². The molecule has 0 radical (unpaired) electrons. The van der Waals surface area contributed by atoms with Crippen molar-refractivity contribution in [2.24, 2.45) is 5.92 Å². The predicted octanol–water partition coefficient (Wildman–Crippen LogP) is 3.27. The number of nitrogens with zero attached hydrogens (tertiary/aromatic N) is 1. The Morgan fingerprint density at radius 1 is 0.767 bits per heavy atom. The molecular weight excluding hydrogens is 380 g/mol. The number of nitrogens with one attached hydrogen (secondary N) is 3. The Kier molecular flexibility index (Phi) is 6.55. The molecule has 1 saturated heterocycles. The maximum Gasteiger partial charge on any atom is 0.319 e. The predicted molar refractivity (Wildman–Crippen MR) is 115 cm³/mol. The largest absolute Gasteiger partial charge is 0.353 e. The summed E-state index contributed by atoms with van der Waals surface area (Å²) in [6, 6.07) is 7.31. The van der Waals surface area contributed by atoms with Crippen molar-refractivity contribution in [2.75, 3.05) is 18.4 Å². The summed E-state index contributed by atoms with van der Waals surface area (Å²) < 4.78 is 0. The summed E-state index contributed by atoms with van der Waals surface area (Å²) in [7, 11) is 0. The highest BCUT2D eigenvalue weighted by molar-refractivity contribution is 5.95. The minimum atomic E-state index is -0.200. The summed E-state index contributed by atoms with van der Waals surface area (Å²) in [4.78, 5) is 38.9. The molecular formula is C23H32N4O3. The molecule has 2 saturated carbocycles. The molecule has 1 aliphatic heterocycles. The van der Waals surface area contributed by atoms with Crippen LogP contribution >= 0.6 is 0 Å². The van der Waals surface area contributed by atoms with E-state index in [0.29, 0.717) is 30.4 Å². The Labute approximate surface area is 178 Å². The topological polar surface area (TPSA) is 90.5 Å². The Morgan fingerprint density at radius 2 is 1.40 bits per heavy atom. The summed E-state index contributed by atoms with van der Waals surface area (Å²) in [6.45, 7) is 1.30. The van der Waals surface area contributed by atoms with Crippen molar-refractivity contribution in [1.82, 2.24) is 15.5 Å². The van der Waals surface area contributed by atoms with Crippen molar-refractivity contribution in [3.63, 3.8) is 0 Å². The van der Waals surface area contributed by atoms with Gasteiger partial charge in [0.05, 0.1) is 0 Å². The fourth-order valence-electron chi connectivity index (χ4n) is 4.37. The number of piperidine rings is 1. The summed E-state index contributed by atoms with van der Waals surface area (Å²) in [5.74, 6) is 0.381. The molecule has 2 aliphatic carbocycles. The molecule has 1 heterocycles. The quantitative estimate of drug-likeness (QED) is 0.693. The first kappa shape index (κ1) is 20.7. The lowest BCUT2D eigenvalue weighted by molar-refractivity contribution is -0.126. The number of carbonyl (C=O) groups excluding carboxylic acids is 3. The van der Waals surface area contributed by atoms with Gasteiger partial charge in [-0.25, -0.2) is 4.79 Å². The second-order valence-electron chi connectivity index (χ2n) is 8.86. The third-order valence-corrected chi connectivity index (χ3v) is 6.41. The van der Waals surface area contributed by atoms with Gasteiger partial charge in [0.15, 0.2) is 0 Å². The van der Waals surface area contributed by atoms with Crippen LogP contribution in [-0.4, -0.2) is 47.9 Å². The van der Waals surface area contributed by atoms with E-state index in [2.05, 4.69) is 16.0 Å². The van der Waals surface area contributed by atoms with Gasteiger partial charge in [-0.2, -0.15) is 0 Å². The summed E-state index contributed by atoms with van der Waals surface area (Å²) in [6.07, 6.45) is 9.26. The van der Waals surface area contributed by atoms with Crippen LogP contribution in [0.2, 0.25) is 0 Å². The van der Waals surface area contributed by atoms with Crippen LogP contribution in [0.5, 0.6) is 0 Å². The number of hydrogen-bond acceptors (Lipinski definition) is 3. The number of anilines is 1. The first-order valence-corrected chi connectivity index (χ1v) is 11.4. The van der Waals surface area contributed by atoms with Gasteiger partial charge in [-0.15, -0.1) is 0 Å². The van der Waals surface area contributed by atoms with Gasteiger partial charge in [0.1, 0.15) is 0 Å². The maximum absolute atomic E-state index is 12.8. The van der Waals surface area contributed by atoms with Gasteiger partial charge in [0, 0.05) is 42.3 Å². The normalized spacial score (nSPS) is 20.5. The fourth-order valence-corrected chi connectivity index (χ4v) is 4.37. The average molecular weight is 413 g/mol. The Morgan fingerprint density at radius 3 is 2.03 bits per heavy atom. The van der Waals surface area contributed by atoms with Crippen LogP contribution in [0.3, 0.4) is 0 Å². The maximum atomic E-state index is 12.8. The molecule has 3 fully saturated rings. The molecule has 3 aliphatic rings. The molecule has 4 amide bonds. The van der Waals surface area contributed by atoms with Crippen molar-refractivity contribution in [3.05, 3.63) is 29.8 Å². The standard InChI is InChI=1S/C23H32N4O3/c28-21(16-4-2-1-3-5-16)24-20-12-14-27(15-13-20)22(29)17-6-8-18(9-7-17)25-23(30)26-19-10-11-19/h6-9,16,19-20H,1-5,10-15H2,(H,24,28)(H2,25,26,30). The number of urea groups is 1. The zero-order valence-corrected chi connectivity index (χ0v) is 17.5. The molecule has 0 atom stereocenters.